The van der Waals surface area contributed by atoms with Gasteiger partial charge in [-0.3, -0.25) is 0 Å². The quantitative estimate of drug-likeness (QED) is 0.305. The molecular weight excluding hydrogens is 392 g/mol. The summed E-state index contributed by atoms with van der Waals surface area (Å²) in [6.45, 7) is 3.14. The van der Waals surface area contributed by atoms with E-state index < -0.39 is 17.9 Å². The van der Waals surface area contributed by atoms with Crippen molar-refractivity contribution in [3.63, 3.8) is 0 Å². The van der Waals surface area contributed by atoms with E-state index in [1.807, 2.05) is 0 Å². The molecule has 3 rings (SSSR count). The summed E-state index contributed by atoms with van der Waals surface area (Å²) in [5.74, 6) is 1.23. The first-order valence-corrected chi connectivity index (χ1v) is 12.1. The normalized spacial score (nSPS) is 36.9. The molecule has 5 heteroatoms. The summed E-state index contributed by atoms with van der Waals surface area (Å²) in [6.07, 6.45) is 12.7. The molecule has 2 atom stereocenters. The van der Waals surface area contributed by atoms with Gasteiger partial charge in [0.05, 0.1) is 18.8 Å². The van der Waals surface area contributed by atoms with Crippen LogP contribution in [0.5, 0.6) is 0 Å². The van der Waals surface area contributed by atoms with Crippen LogP contribution in [0.15, 0.2) is 24.1 Å². The van der Waals surface area contributed by atoms with E-state index in [0.717, 1.165) is 37.7 Å². The van der Waals surface area contributed by atoms with Crippen LogP contribution >= 0.6 is 0 Å². The van der Waals surface area contributed by atoms with E-state index in [9.17, 15) is 17.6 Å². The van der Waals surface area contributed by atoms with Crippen molar-refractivity contribution in [1.82, 2.24) is 0 Å². The van der Waals surface area contributed by atoms with Crippen LogP contribution in [0.25, 0.3) is 0 Å². The van der Waals surface area contributed by atoms with E-state index in [2.05, 4.69) is 19.1 Å². The van der Waals surface area contributed by atoms with Gasteiger partial charge in [-0.05, 0) is 75.0 Å². The smallest absolute Gasteiger partial charge is 0.374 e. The van der Waals surface area contributed by atoms with Gasteiger partial charge < -0.3 is 4.74 Å². The number of halogens is 4. The van der Waals surface area contributed by atoms with E-state index in [1.165, 1.54) is 44.9 Å². The van der Waals surface area contributed by atoms with E-state index >= 15 is 0 Å². The third kappa shape index (κ3) is 7.39. The van der Waals surface area contributed by atoms with Crippen LogP contribution < -0.4 is 0 Å². The van der Waals surface area contributed by atoms with Crippen molar-refractivity contribution in [2.45, 2.75) is 96.3 Å². The molecule has 1 heterocycles. The van der Waals surface area contributed by atoms with Crippen LogP contribution in [0.1, 0.15) is 84.0 Å². The first-order chi connectivity index (χ1) is 14.3. The van der Waals surface area contributed by atoms with Crippen LogP contribution in [0.4, 0.5) is 17.6 Å². The first kappa shape index (κ1) is 23.8. The first-order valence-electron chi connectivity index (χ1n) is 12.1. The zero-order valence-corrected chi connectivity index (χ0v) is 18.3. The van der Waals surface area contributed by atoms with E-state index in [0.29, 0.717) is 24.7 Å². The molecule has 0 aromatic heterocycles. The van der Waals surface area contributed by atoms with Crippen LogP contribution in [0.3, 0.4) is 0 Å². The Hall–Kier alpha value is -0.840. The second-order valence-corrected chi connectivity index (χ2v) is 9.85. The number of alkyl halides is 3. The summed E-state index contributed by atoms with van der Waals surface area (Å²) >= 11 is 0. The van der Waals surface area contributed by atoms with Crippen LogP contribution in [-0.2, 0) is 4.74 Å². The summed E-state index contributed by atoms with van der Waals surface area (Å²) in [6, 6.07) is 0. The molecule has 3 fully saturated rings. The lowest BCUT2D eigenvalue weighted by Crippen LogP contribution is -2.31. The fourth-order valence-corrected chi connectivity index (χ4v) is 5.82. The van der Waals surface area contributed by atoms with Crippen molar-refractivity contribution in [3.8, 4) is 0 Å². The monoisotopic (exact) mass is 430 g/mol. The van der Waals surface area contributed by atoms with Gasteiger partial charge in [-0.2, -0.15) is 13.2 Å². The topological polar surface area (TPSA) is 9.23 Å². The molecule has 0 aromatic rings. The third-order valence-electron chi connectivity index (χ3n) is 7.66. The van der Waals surface area contributed by atoms with E-state index in [4.69, 9.17) is 4.74 Å². The summed E-state index contributed by atoms with van der Waals surface area (Å²) in [5, 5.41) is 0. The SMILES string of the molecule is CCCC1CCC(C2CCC(/C=C/C3CCC(/C(F)=C/C(F)(F)F)CC3)OC2)CC1. The van der Waals surface area contributed by atoms with E-state index in [1.54, 1.807) is 0 Å². The fourth-order valence-electron chi connectivity index (χ4n) is 5.82. The lowest BCUT2D eigenvalue weighted by Gasteiger charge is -2.37. The Morgan fingerprint density at radius 2 is 1.53 bits per heavy atom. The zero-order chi connectivity index (χ0) is 21.6. The molecule has 1 nitrogen and oxygen atoms in total. The Kier molecular flexibility index (Phi) is 8.85. The highest BCUT2D eigenvalue weighted by Gasteiger charge is 2.32. The van der Waals surface area contributed by atoms with Crippen molar-refractivity contribution < 1.29 is 22.3 Å². The van der Waals surface area contributed by atoms with Crippen LogP contribution in [0.2, 0.25) is 0 Å². The van der Waals surface area contributed by atoms with Gasteiger partial charge in [0.2, 0.25) is 0 Å². The Bertz CT molecular complexity index is 558. The highest BCUT2D eigenvalue weighted by atomic mass is 19.4. The average molecular weight is 431 g/mol. The van der Waals surface area contributed by atoms with Crippen molar-refractivity contribution in [3.05, 3.63) is 24.1 Å². The van der Waals surface area contributed by atoms with Gasteiger partial charge in [0.25, 0.3) is 0 Å². The molecule has 0 N–H and O–H groups in total. The molecule has 2 unspecified atom stereocenters. The summed E-state index contributed by atoms with van der Waals surface area (Å²) in [5.41, 5.74) is 0. The molecular formula is C25H38F4O. The Morgan fingerprint density at radius 1 is 0.867 bits per heavy atom. The summed E-state index contributed by atoms with van der Waals surface area (Å²) < 4.78 is 56.8. The molecule has 1 saturated heterocycles. The maximum atomic E-state index is 13.7. The van der Waals surface area contributed by atoms with Crippen molar-refractivity contribution >= 4 is 0 Å². The predicted octanol–water partition coefficient (Wildman–Crippen LogP) is 8.17. The molecule has 172 valence electrons. The molecule has 2 saturated carbocycles. The largest absolute Gasteiger partial charge is 0.412 e. The lowest BCUT2D eigenvalue weighted by atomic mass is 9.73. The standard InChI is InChI=1S/C25H38F4O/c1-2-3-18-4-9-20(10-5-18)22-13-15-23(30-17-22)14-8-19-6-11-21(12-7-19)24(26)16-25(27,28)29/h8,14,16,18-23H,2-7,9-13,15,17H2,1H3/b14-8+,24-16-. The Balaban J connectivity index is 1.35. The summed E-state index contributed by atoms with van der Waals surface area (Å²) in [4.78, 5) is 0. The highest BCUT2D eigenvalue weighted by Crippen LogP contribution is 2.40. The second kappa shape index (κ2) is 11.2. The maximum absolute atomic E-state index is 13.7. The van der Waals surface area contributed by atoms with Gasteiger partial charge in [-0.25, -0.2) is 4.39 Å². The minimum atomic E-state index is -4.56. The van der Waals surface area contributed by atoms with Crippen molar-refractivity contribution in [2.24, 2.45) is 29.6 Å². The number of rotatable bonds is 6. The number of hydrogen-bond acceptors (Lipinski definition) is 1. The minimum absolute atomic E-state index is 0.164. The molecule has 1 aliphatic heterocycles. The maximum Gasteiger partial charge on any atom is 0.412 e. The molecule has 0 bridgehead atoms. The molecule has 0 spiro atoms. The van der Waals surface area contributed by atoms with Gasteiger partial charge in [0, 0.05) is 5.92 Å². The average Bonchev–Trinajstić information content (AvgIpc) is 2.73. The minimum Gasteiger partial charge on any atom is -0.374 e. The molecule has 3 aliphatic rings. The lowest BCUT2D eigenvalue weighted by molar-refractivity contribution is -0.0821. The molecule has 0 radical (unpaired) electrons. The van der Waals surface area contributed by atoms with Gasteiger partial charge in [0.15, 0.2) is 0 Å². The zero-order valence-electron chi connectivity index (χ0n) is 18.3. The Morgan fingerprint density at radius 3 is 2.10 bits per heavy atom. The predicted molar refractivity (Wildman–Crippen MR) is 113 cm³/mol. The van der Waals surface area contributed by atoms with E-state index in [-0.39, 0.29) is 12.2 Å². The van der Waals surface area contributed by atoms with Crippen LogP contribution in [0, 0.1) is 29.6 Å². The number of allylic oxidation sites excluding steroid dienone is 3. The molecule has 30 heavy (non-hydrogen) atoms. The highest BCUT2D eigenvalue weighted by molar-refractivity contribution is 5.05. The van der Waals surface area contributed by atoms with Gasteiger partial charge in [0.1, 0.15) is 5.83 Å². The molecule has 0 amide bonds. The molecule has 2 aliphatic carbocycles. The van der Waals surface area contributed by atoms with Gasteiger partial charge >= 0.3 is 6.18 Å². The second-order valence-electron chi connectivity index (χ2n) is 9.85. The third-order valence-corrected chi connectivity index (χ3v) is 7.66. The molecule has 0 aromatic carbocycles. The fraction of sp³-hybridized carbons (Fsp3) is 0.840. The number of ether oxygens (including phenoxy) is 1. The van der Waals surface area contributed by atoms with Gasteiger partial charge in [-0.1, -0.05) is 44.8 Å². The van der Waals surface area contributed by atoms with Crippen LogP contribution in [-0.4, -0.2) is 18.9 Å². The Labute approximate surface area is 179 Å². The van der Waals surface area contributed by atoms with Crippen molar-refractivity contribution in [1.29, 1.82) is 0 Å². The summed E-state index contributed by atoms with van der Waals surface area (Å²) in [7, 11) is 0. The van der Waals surface area contributed by atoms with Gasteiger partial charge in [-0.15, -0.1) is 0 Å². The van der Waals surface area contributed by atoms with Crippen molar-refractivity contribution in [2.75, 3.05) is 6.61 Å². The number of hydrogen-bond donors (Lipinski definition) is 0.